The summed E-state index contributed by atoms with van der Waals surface area (Å²) in [5.41, 5.74) is 4.52. The fourth-order valence-electron chi connectivity index (χ4n) is 2.25. The van der Waals surface area contributed by atoms with Crippen LogP contribution in [0.3, 0.4) is 0 Å². The van der Waals surface area contributed by atoms with E-state index in [9.17, 15) is 14.4 Å². The van der Waals surface area contributed by atoms with E-state index in [0.29, 0.717) is 4.57 Å². The quantitative estimate of drug-likeness (QED) is 0.628. The minimum Gasteiger partial charge on any atom is -0.398 e. The van der Waals surface area contributed by atoms with Crippen LogP contribution in [0.25, 0.3) is 10.9 Å². The molecule has 0 radical (unpaired) electrons. The second-order valence-corrected chi connectivity index (χ2v) is 4.59. The molecule has 6 heteroatoms. The van der Waals surface area contributed by atoms with Gasteiger partial charge in [0.05, 0.1) is 26.1 Å². The standard InChI is InChI=1S/C15H15N3O3/c1-8-17-11-4-2-3-10(16)14(11)15(21)18(8)12-6-5-9(19)7-13(12)20/h2-4,12H,5-7,16H2,1H3/i1D2,4D,5D2,12D. The summed E-state index contributed by atoms with van der Waals surface area (Å²) in [5, 5.41) is -0.260. The van der Waals surface area contributed by atoms with Gasteiger partial charge in [-0.25, -0.2) is 4.98 Å². The smallest absolute Gasteiger partial charge is 0.264 e. The van der Waals surface area contributed by atoms with Gasteiger partial charge in [-0.3, -0.25) is 19.0 Å². The summed E-state index contributed by atoms with van der Waals surface area (Å²) < 4.78 is 47.7. The number of anilines is 1. The third-order valence-electron chi connectivity index (χ3n) is 3.25. The zero-order valence-electron chi connectivity index (χ0n) is 16.8. The van der Waals surface area contributed by atoms with Crippen LogP contribution in [0, 0.1) is 6.88 Å². The molecule has 0 aliphatic heterocycles. The zero-order chi connectivity index (χ0) is 20.3. The number of nitrogen functional groups attached to an aromatic ring is 1. The van der Waals surface area contributed by atoms with Gasteiger partial charge in [-0.05, 0) is 25.4 Å². The Bertz CT molecular complexity index is 1050. The van der Waals surface area contributed by atoms with Crippen molar-refractivity contribution in [1.29, 1.82) is 0 Å². The Balaban J connectivity index is 2.43. The molecule has 21 heavy (non-hydrogen) atoms. The van der Waals surface area contributed by atoms with E-state index in [2.05, 4.69) is 4.98 Å². The lowest BCUT2D eigenvalue weighted by atomic mass is 9.92. The van der Waals surface area contributed by atoms with E-state index in [1.807, 2.05) is 0 Å². The van der Waals surface area contributed by atoms with E-state index in [4.69, 9.17) is 14.0 Å². The summed E-state index contributed by atoms with van der Waals surface area (Å²) in [6.07, 6.45) is -4.39. The van der Waals surface area contributed by atoms with Crippen molar-refractivity contribution in [3.05, 3.63) is 34.4 Å². The van der Waals surface area contributed by atoms with Crippen LogP contribution in [-0.4, -0.2) is 21.1 Å². The molecule has 2 N–H and O–H groups in total. The fourth-order valence-corrected chi connectivity index (χ4v) is 2.25. The van der Waals surface area contributed by atoms with Crippen LogP contribution in [0.1, 0.15) is 39.3 Å². The normalized spacial score (nSPS) is 29.4. The van der Waals surface area contributed by atoms with Crippen molar-refractivity contribution < 1.29 is 17.8 Å². The number of hydrogen-bond acceptors (Lipinski definition) is 5. The average Bonchev–Trinajstić information content (AvgIpc) is 2.55. The molecular formula is C15H15N3O3. The number of benzene rings is 1. The maximum absolute atomic E-state index is 13.1. The first-order chi connectivity index (χ1) is 12.4. The van der Waals surface area contributed by atoms with Crippen LogP contribution < -0.4 is 11.3 Å². The summed E-state index contributed by atoms with van der Waals surface area (Å²) in [7, 11) is 0. The molecule has 1 heterocycles. The number of ketones is 2. The van der Waals surface area contributed by atoms with Crippen molar-refractivity contribution in [2.45, 2.75) is 32.1 Å². The molecule has 1 atom stereocenters. The maximum atomic E-state index is 13.1. The zero-order valence-corrected chi connectivity index (χ0v) is 10.8. The fraction of sp³-hybridized carbons (Fsp3) is 0.333. The van der Waals surface area contributed by atoms with Crippen LogP contribution in [-0.2, 0) is 9.59 Å². The number of Topliss-reactive ketones (excluding diaryl/α,β-unsaturated/α-hetero) is 2. The first kappa shape index (κ1) is 8.07. The van der Waals surface area contributed by atoms with Gasteiger partial charge in [0.15, 0.2) is 5.78 Å². The Hall–Kier alpha value is -2.50. The lowest BCUT2D eigenvalue weighted by molar-refractivity contribution is -0.132. The topological polar surface area (TPSA) is 95.0 Å². The highest BCUT2D eigenvalue weighted by Crippen LogP contribution is 2.24. The molecule has 1 aliphatic rings. The number of aromatic nitrogens is 2. The van der Waals surface area contributed by atoms with Crippen LogP contribution in [0.15, 0.2) is 23.0 Å². The van der Waals surface area contributed by atoms with Crippen LogP contribution in [0.5, 0.6) is 0 Å². The van der Waals surface area contributed by atoms with Crippen molar-refractivity contribution in [2.24, 2.45) is 0 Å². The molecule has 1 saturated carbocycles. The number of carbonyl (C=O) groups is 2. The van der Waals surface area contributed by atoms with Crippen LogP contribution in [0.4, 0.5) is 5.69 Å². The van der Waals surface area contributed by atoms with Gasteiger partial charge < -0.3 is 5.73 Å². The van der Waals surface area contributed by atoms with Crippen molar-refractivity contribution in [1.82, 2.24) is 9.55 Å². The molecule has 0 saturated heterocycles. The van der Waals surface area contributed by atoms with Gasteiger partial charge in [0, 0.05) is 17.5 Å². The van der Waals surface area contributed by atoms with Crippen molar-refractivity contribution in [3.63, 3.8) is 0 Å². The number of carbonyl (C=O) groups excluding carboxylic acids is 2. The summed E-state index contributed by atoms with van der Waals surface area (Å²) >= 11 is 0. The third kappa shape index (κ3) is 2.12. The Morgan fingerprint density at radius 1 is 1.57 bits per heavy atom. The van der Waals surface area contributed by atoms with Crippen molar-refractivity contribution in [3.8, 4) is 0 Å². The van der Waals surface area contributed by atoms with Gasteiger partial charge in [-0.2, -0.15) is 0 Å². The third-order valence-corrected chi connectivity index (χ3v) is 3.25. The summed E-state index contributed by atoms with van der Waals surface area (Å²) in [6, 6.07) is -0.195. The summed E-state index contributed by atoms with van der Waals surface area (Å²) in [6.45, 7) is -1.90. The number of nitrogens with two attached hydrogens (primary N) is 1. The number of nitrogens with zero attached hydrogens (tertiary/aromatic N) is 2. The number of rotatable bonds is 1. The van der Waals surface area contributed by atoms with E-state index in [1.165, 1.54) is 12.1 Å². The lowest BCUT2D eigenvalue weighted by Crippen LogP contribution is -2.36. The largest absolute Gasteiger partial charge is 0.398 e. The monoisotopic (exact) mass is 291 g/mol. The Morgan fingerprint density at radius 2 is 2.38 bits per heavy atom. The predicted octanol–water partition coefficient (Wildman–Crippen LogP) is 1.15. The molecule has 1 aromatic carbocycles. The predicted molar refractivity (Wildman–Crippen MR) is 78.1 cm³/mol. The van der Waals surface area contributed by atoms with E-state index >= 15 is 0 Å². The van der Waals surface area contributed by atoms with Gasteiger partial charge in [0.2, 0.25) is 0 Å². The van der Waals surface area contributed by atoms with Gasteiger partial charge in [0.25, 0.3) is 5.56 Å². The first-order valence-electron chi connectivity index (χ1n) is 9.29. The highest BCUT2D eigenvalue weighted by atomic mass is 16.2. The summed E-state index contributed by atoms with van der Waals surface area (Å²) in [5.74, 6) is -2.63. The maximum Gasteiger partial charge on any atom is 0.264 e. The van der Waals surface area contributed by atoms with Crippen LogP contribution in [0.2, 0.25) is 0 Å². The minimum absolute atomic E-state index is 0.0729. The van der Waals surface area contributed by atoms with Gasteiger partial charge >= 0.3 is 0 Å². The molecular weight excluding hydrogens is 270 g/mol. The van der Waals surface area contributed by atoms with E-state index in [1.54, 1.807) is 0 Å². The SMILES string of the molecule is [2H]c1ccc(N)c2c(=O)n(C3([2H])CC([2H])([2H])C(=O)CC3=O)c(C([2H])[2H])nc12. The Morgan fingerprint density at radius 3 is 3.14 bits per heavy atom. The molecule has 1 aliphatic carbocycles. The molecule has 1 aromatic heterocycles. The lowest BCUT2D eigenvalue weighted by Gasteiger charge is -2.24. The van der Waals surface area contributed by atoms with E-state index in [0.717, 1.165) is 0 Å². The molecule has 2 aromatic rings. The molecule has 0 bridgehead atoms. The number of aryl methyl sites for hydroxylation is 1. The van der Waals surface area contributed by atoms with Crippen molar-refractivity contribution >= 4 is 28.2 Å². The highest BCUT2D eigenvalue weighted by Gasteiger charge is 2.30. The van der Waals surface area contributed by atoms with Gasteiger partial charge in [-0.1, -0.05) is 6.07 Å². The van der Waals surface area contributed by atoms with Crippen molar-refractivity contribution in [2.75, 3.05) is 5.73 Å². The Labute approximate surface area is 129 Å². The molecule has 6 nitrogen and oxygen atoms in total. The Kier molecular flexibility index (Phi) is 1.84. The molecule has 1 unspecified atom stereocenters. The minimum atomic E-state index is -2.56. The molecule has 0 spiro atoms. The van der Waals surface area contributed by atoms with Gasteiger partial charge in [0.1, 0.15) is 11.6 Å². The summed E-state index contributed by atoms with van der Waals surface area (Å²) in [4.78, 5) is 41.3. The second-order valence-electron chi connectivity index (χ2n) is 4.59. The molecule has 108 valence electrons. The highest BCUT2D eigenvalue weighted by molar-refractivity contribution is 6.03. The number of hydrogen-bond donors (Lipinski definition) is 1. The molecule has 0 amide bonds. The van der Waals surface area contributed by atoms with Crippen LogP contribution >= 0.6 is 0 Å². The first-order valence-corrected chi connectivity index (χ1v) is 6.13. The number of fused-ring (bicyclic) bond motifs is 1. The molecule has 3 rings (SSSR count). The second kappa shape index (κ2) is 4.80. The van der Waals surface area contributed by atoms with E-state index < -0.39 is 55.1 Å². The van der Waals surface area contributed by atoms with E-state index in [-0.39, 0.29) is 22.6 Å². The molecule has 1 fully saturated rings. The van der Waals surface area contributed by atoms with Gasteiger partial charge in [-0.15, -0.1) is 0 Å². The average molecular weight is 291 g/mol.